The number of phosphoric ester groups is 1. The lowest BCUT2D eigenvalue weighted by molar-refractivity contribution is -0.147. The van der Waals surface area contributed by atoms with Gasteiger partial charge in [-0.2, -0.15) is 0 Å². The number of nitrogens with two attached hydrogens (primary N) is 1. The second-order valence-corrected chi connectivity index (χ2v) is 8.42. The fourth-order valence-electron chi connectivity index (χ4n) is 2.32. The summed E-state index contributed by atoms with van der Waals surface area (Å²) in [7, 11) is -4.25. The molecule has 0 amide bonds. The smallest absolute Gasteiger partial charge is 0.463 e. The van der Waals surface area contributed by atoms with Crippen LogP contribution < -0.4 is 5.73 Å². The Hall–Kier alpha value is -1.54. The van der Waals surface area contributed by atoms with E-state index in [2.05, 4.69) is 64.6 Å². The maximum absolute atomic E-state index is 11.7. The average molecular weight is 474 g/mol. The minimum absolute atomic E-state index is 0.0658. The van der Waals surface area contributed by atoms with Crippen LogP contribution in [-0.2, 0) is 23.1 Å². The molecule has 0 aromatic carbocycles. The van der Waals surface area contributed by atoms with Crippen molar-refractivity contribution >= 4 is 13.8 Å². The Kier molecular flexibility index (Phi) is 20.3. The molecule has 0 aliphatic heterocycles. The first-order chi connectivity index (χ1) is 15.4. The van der Waals surface area contributed by atoms with Gasteiger partial charge in [-0.3, -0.25) is 13.8 Å². The number of carbonyl (C=O) groups excluding carboxylic acids is 1. The minimum Gasteiger partial charge on any atom is -0.463 e. The van der Waals surface area contributed by atoms with Gasteiger partial charge in [0.05, 0.1) is 13.2 Å². The molecule has 9 heteroatoms. The maximum atomic E-state index is 11.7. The number of allylic oxidation sites excluding steroid dienone is 8. The molecule has 8 nitrogen and oxygen atoms in total. The van der Waals surface area contributed by atoms with Crippen LogP contribution in [0.1, 0.15) is 58.3 Å². The van der Waals surface area contributed by atoms with E-state index in [0.29, 0.717) is 6.42 Å². The third kappa shape index (κ3) is 21.7. The van der Waals surface area contributed by atoms with Crippen molar-refractivity contribution in [3.8, 4) is 0 Å². The summed E-state index contributed by atoms with van der Waals surface area (Å²) < 4.78 is 25.5. The molecule has 0 aromatic heterocycles. The minimum atomic E-state index is -4.25. The quantitative estimate of drug-likeness (QED) is 0.103. The number of hydrogen-bond acceptors (Lipinski definition) is 7. The van der Waals surface area contributed by atoms with Gasteiger partial charge >= 0.3 is 13.8 Å². The summed E-state index contributed by atoms with van der Waals surface area (Å²) >= 11 is 0. The lowest BCUT2D eigenvalue weighted by Gasteiger charge is -2.15. The molecule has 4 N–H and O–H groups in total. The largest absolute Gasteiger partial charge is 0.472 e. The van der Waals surface area contributed by atoms with Gasteiger partial charge < -0.3 is 20.5 Å². The van der Waals surface area contributed by atoms with Crippen molar-refractivity contribution in [1.29, 1.82) is 0 Å². The zero-order chi connectivity index (χ0) is 23.9. The van der Waals surface area contributed by atoms with Crippen LogP contribution in [0.2, 0.25) is 0 Å². The van der Waals surface area contributed by atoms with Crippen LogP contribution in [0.15, 0.2) is 48.6 Å². The maximum Gasteiger partial charge on any atom is 0.472 e. The molecular formula is C23H40NO7P. The van der Waals surface area contributed by atoms with E-state index in [1.165, 1.54) is 0 Å². The highest BCUT2D eigenvalue weighted by molar-refractivity contribution is 7.47. The molecule has 0 radical (unpaired) electrons. The first-order valence-corrected chi connectivity index (χ1v) is 12.7. The number of aliphatic hydroxyl groups excluding tert-OH is 1. The van der Waals surface area contributed by atoms with Crippen LogP contribution in [0.5, 0.6) is 0 Å². The van der Waals surface area contributed by atoms with Crippen molar-refractivity contribution < 1.29 is 33.1 Å². The number of esters is 1. The van der Waals surface area contributed by atoms with Gasteiger partial charge in [0.15, 0.2) is 0 Å². The monoisotopic (exact) mass is 473 g/mol. The van der Waals surface area contributed by atoms with Gasteiger partial charge in [0, 0.05) is 13.0 Å². The van der Waals surface area contributed by atoms with Crippen molar-refractivity contribution in [3.63, 3.8) is 0 Å². The topological polar surface area (TPSA) is 128 Å². The normalized spacial score (nSPS) is 15.2. The molecular weight excluding hydrogens is 433 g/mol. The Morgan fingerprint density at radius 2 is 1.53 bits per heavy atom. The number of rotatable bonds is 20. The number of hydrogen-bond donors (Lipinski definition) is 3. The van der Waals surface area contributed by atoms with Gasteiger partial charge in [-0.1, -0.05) is 55.5 Å². The molecule has 0 spiro atoms. The Morgan fingerprint density at radius 3 is 2.12 bits per heavy atom. The second kappa shape index (κ2) is 21.3. The van der Waals surface area contributed by atoms with Crippen LogP contribution in [0, 0.1) is 0 Å². The van der Waals surface area contributed by atoms with E-state index in [-0.39, 0.29) is 26.2 Å². The van der Waals surface area contributed by atoms with Crippen LogP contribution in [-0.4, -0.2) is 48.4 Å². The third-order valence-electron chi connectivity index (χ3n) is 3.96. The van der Waals surface area contributed by atoms with Gasteiger partial charge in [0.25, 0.3) is 0 Å². The molecule has 2 unspecified atom stereocenters. The van der Waals surface area contributed by atoms with Gasteiger partial charge in [0.1, 0.15) is 12.7 Å². The van der Waals surface area contributed by atoms with Gasteiger partial charge in [-0.05, 0) is 44.9 Å². The zero-order valence-corrected chi connectivity index (χ0v) is 20.0. The van der Waals surface area contributed by atoms with Gasteiger partial charge in [0.2, 0.25) is 0 Å². The predicted molar refractivity (Wildman–Crippen MR) is 127 cm³/mol. The van der Waals surface area contributed by atoms with Crippen LogP contribution >= 0.6 is 7.82 Å². The van der Waals surface area contributed by atoms with E-state index >= 15 is 0 Å². The molecule has 0 aliphatic rings. The molecule has 2 atom stereocenters. The van der Waals surface area contributed by atoms with Crippen molar-refractivity contribution in [1.82, 2.24) is 0 Å². The van der Waals surface area contributed by atoms with Crippen molar-refractivity contribution in [2.24, 2.45) is 5.73 Å². The number of aliphatic hydroxyl groups is 1. The number of phosphoric acid groups is 1. The summed E-state index contributed by atoms with van der Waals surface area (Å²) in [5.74, 6) is -0.430. The average Bonchev–Trinajstić information content (AvgIpc) is 2.77. The van der Waals surface area contributed by atoms with E-state index in [1.807, 2.05) is 0 Å². The first kappa shape index (κ1) is 30.5. The molecule has 0 saturated heterocycles. The summed E-state index contributed by atoms with van der Waals surface area (Å²) in [6.45, 7) is 1.25. The molecule has 32 heavy (non-hydrogen) atoms. The number of unbranched alkanes of at least 4 members (excludes halogenated alkanes) is 2. The Morgan fingerprint density at radius 1 is 0.938 bits per heavy atom. The van der Waals surface area contributed by atoms with E-state index in [0.717, 1.165) is 38.5 Å². The zero-order valence-electron chi connectivity index (χ0n) is 19.1. The summed E-state index contributed by atoms with van der Waals surface area (Å²) in [5, 5.41) is 9.66. The lowest BCUT2D eigenvalue weighted by Crippen LogP contribution is -2.23. The van der Waals surface area contributed by atoms with Crippen molar-refractivity contribution in [3.05, 3.63) is 48.6 Å². The summed E-state index contributed by atoms with van der Waals surface area (Å²) in [5.41, 5.74) is 5.16. The second-order valence-electron chi connectivity index (χ2n) is 6.97. The Bertz CT molecular complexity index is 632. The summed E-state index contributed by atoms with van der Waals surface area (Å²) in [6.07, 6.45) is 22.5. The fourth-order valence-corrected chi connectivity index (χ4v) is 3.10. The molecule has 0 aliphatic carbocycles. The standard InChI is InChI=1S/C23H40NO7P/c1-2-3-4-5-6-7-8-9-10-11-12-13-14-15-16-17-23(26)29-20-22(25)21-31-32(27,28)30-19-18-24/h3-4,6-7,9-10,12-13,22,25H,2,5,8,11,14-21,24H2,1H3,(H,27,28)/b4-3-,7-6-,10-9-,13-12-. The van der Waals surface area contributed by atoms with E-state index in [1.54, 1.807) is 0 Å². The van der Waals surface area contributed by atoms with Crippen LogP contribution in [0.4, 0.5) is 0 Å². The predicted octanol–water partition coefficient (Wildman–Crippen LogP) is 4.35. The SMILES string of the molecule is CC/C=C\C/C=C\C/C=C\C/C=C\CCCCC(=O)OCC(O)COP(=O)(O)OCCN. The molecule has 0 rings (SSSR count). The first-order valence-electron chi connectivity index (χ1n) is 11.2. The van der Waals surface area contributed by atoms with Crippen LogP contribution in [0.3, 0.4) is 0 Å². The van der Waals surface area contributed by atoms with E-state index < -0.39 is 26.5 Å². The number of carbonyl (C=O) groups is 1. The highest BCUT2D eigenvalue weighted by Crippen LogP contribution is 2.42. The van der Waals surface area contributed by atoms with E-state index in [4.69, 9.17) is 10.5 Å². The van der Waals surface area contributed by atoms with Gasteiger partial charge in [-0.15, -0.1) is 0 Å². The Labute approximate surface area is 192 Å². The third-order valence-corrected chi connectivity index (χ3v) is 4.94. The van der Waals surface area contributed by atoms with Crippen LogP contribution in [0.25, 0.3) is 0 Å². The summed E-state index contributed by atoms with van der Waals surface area (Å²) in [4.78, 5) is 21.0. The molecule has 184 valence electrons. The number of ether oxygens (including phenoxy) is 1. The van der Waals surface area contributed by atoms with Crippen molar-refractivity contribution in [2.75, 3.05) is 26.4 Å². The van der Waals surface area contributed by atoms with E-state index in [9.17, 15) is 19.4 Å². The summed E-state index contributed by atoms with van der Waals surface area (Å²) in [6, 6.07) is 0. The van der Waals surface area contributed by atoms with Gasteiger partial charge in [-0.25, -0.2) is 4.57 Å². The molecule has 0 saturated carbocycles. The molecule has 0 aromatic rings. The van der Waals surface area contributed by atoms with Crippen molar-refractivity contribution in [2.45, 2.75) is 64.4 Å². The highest BCUT2D eigenvalue weighted by atomic mass is 31.2. The highest BCUT2D eigenvalue weighted by Gasteiger charge is 2.22. The Balaban J connectivity index is 3.67. The molecule has 0 heterocycles. The lowest BCUT2D eigenvalue weighted by atomic mass is 10.2. The molecule has 0 fully saturated rings. The fraction of sp³-hybridized carbons (Fsp3) is 0.609. The molecule has 0 bridgehead atoms.